The minimum Gasteiger partial charge on any atom is -0.338 e. The highest BCUT2D eigenvalue weighted by atomic mass is 32.2. The molecule has 0 unspecified atom stereocenters. The number of aromatic nitrogens is 1. The Morgan fingerprint density at radius 2 is 2.25 bits per heavy atom. The highest BCUT2D eigenvalue weighted by molar-refractivity contribution is 7.89. The summed E-state index contributed by atoms with van der Waals surface area (Å²) in [5, 5.41) is 6.00. The lowest BCUT2D eigenvalue weighted by molar-refractivity contribution is 0.0792. The zero-order valence-corrected chi connectivity index (χ0v) is 13.3. The number of nitrogens with zero attached hydrogens (tertiary/aromatic N) is 2. The van der Waals surface area contributed by atoms with Crippen LogP contribution in [-0.2, 0) is 16.4 Å². The van der Waals surface area contributed by atoms with E-state index in [4.69, 9.17) is 5.14 Å². The van der Waals surface area contributed by atoms with Crippen LogP contribution in [0.3, 0.4) is 0 Å². The predicted octanol–water partition coefficient (Wildman–Crippen LogP) is 0.765. The Labute approximate surface area is 123 Å². The summed E-state index contributed by atoms with van der Waals surface area (Å²) in [6.07, 6.45) is 1.49. The van der Waals surface area contributed by atoms with Gasteiger partial charge in [-0.2, -0.15) is 0 Å². The Bertz CT molecular complexity index is 609. The number of amides is 1. The van der Waals surface area contributed by atoms with Gasteiger partial charge in [0.1, 0.15) is 4.88 Å². The quantitative estimate of drug-likeness (QED) is 0.887. The minimum atomic E-state index is -3.48. The van der Waals surface area contributed by atoms with Crippen LogP contribution in [-0.4, -0.2) is 43.1 Å². The zero-order chi connectivity index (χ0) is 14.9. The van der Waals surface area contributed by atoms with Crippen molar-refractivity contribution in [2.24, 2.45) is 11.1 Å². The molecule has 1 atom stereocenters. The summed E-state index contributed by atoms with van der Waals surface area (Å²) in [5.41, 5.74) is 0.756. The molecule has 0 radical (unpaired) electrons. The predicted molar refractivity (Wildman–Crippen MR) is 78.2 cm³/mol. The Morgan fingerprint density at radius 1 is 1.55 bits per heavy atom. The summed E-state index contributed by atoms with van der Waals surface area (Å²) in [5.74, 6) is -0.164. The van der Waals surface area contributed by atoms with E-state index in [1.165, 1.54) is 11.3 Å². The van der Waals surface area contributed by atoms with Crippen LogP contribution in [0.1, 0.15) is 33.7 Å². The van der Waals surface area contributed by atoms with Gasteiger partial charge in [-0.25, -0.2) is 18.5 Å². The maximum atomic E-state index is 12.4. The number of carbonyl (C=O) groups is 1. The summed E-state index contributed by atoms with van der Waals surface area (Å²) in [6.45, 7) is 4.87. The van der Waals surface area contributed by atoms with Crippen molar-refractivity contribution in [1.82, 2.24) is 9.88 Å². The molecule has 8 heteroatoms. The molecular weight excluding hydrogens is 298 g/mol. The van der Waals surface area contributed by atoms with Crippen molar-refractivity contribution in [3.8, 4) is 0 Å². The molecule has 1 amide bonds. The van der Waals surface area contributed by atoms with Crippen LogP contribution >= 0.6 is 11.3 Å². The van der Waals surface area contributed by atoms with Gasteiger partial charge in [0.15, 0.2) is 0 Å². The van der Waals surface area contributed by atoms with Crippen molar-refractivity contribution >= 4 is 27.3 Å². The Hall–Kier alpha value is -0.990. The highest BCUT2D eigenvalue weighted by Gasteiger charge is 2.30. The minimum absolute atomic E-state index is 0.0448. The SMILES string of the molecule is CCc1nc(C)c(C(=O)N2CC[C@@H](CS(N)(=O)=O)C2)s1. The van der Waals surface area contributed by atoms with Gasteiger partial charge in [0, 0.05) is 13.1 Å². The van der Waals surface area contributed by atoms with Crippen LogP contribution in [0.25, 0.3) is 0 Å². The lowest BCUT2D eigenvalue weighted by Gasteiger charge is -2.15. The van der Waals surface area contributed by atoms with E-state index in [9.17, 15) is 13.2 Å². The molecule has 1 aliphatic rings. The maximum absolute atomic E-state index is 12.4. The van der Waals surface area contributed by atoms with Crippen LogP contribution in [0.15, 0.2) is 0 Å². The number of nitrogens with two attached hydrogens (primary N) is 1. The molecule has 0 bridgehead atoms. The van der Waals surface area contributed by atoms with E-state index in [-0.39, 0.29) is 17.6 Å². The largest absolute Gasteiger partial charge is 0.338 e. The van der Waals surface area contributed by atoms with Crippen molar-refractivity contribution < 1.29 is 13.2 Å². The summed E-state index contributed by atoms with van der Waals surface area (Å²) >= 11 is 1.42. The van der Waals surface area contributed by atoms with E-state index in [1.807, 2.05) is 13.8 Å². The first-order valence-electron chi connectivity index (χ1n) is 6.56. The maximum Gasteiger partial charge on any atom is 0.265 e. The summed E-state index contributed by atoms with van der Waals surface area (Å²) in [6, 6.07) is 0. The second-order valence-corrected chi connectivity index (χ2v) is 7.85. The number of thiazole rings is 1. The molecule has 1 saturated heterocycles. The molecule has 1 aromatic rings. The van der Waals surface area contributed by atoms with Crippen molar-refractivity contribution in [3.05, 3.63) is 15.6 Å². The second kappa shape index (κ2) is 5.79. The number of rotatable bonds is 4. The van der Waals surface area contributed by atoms with Gasteiger partial charge in [-0.3, -0.25) is 4.79 Å². The third-order valence-electron chi connectivity index (χ3n) is 3.38. The van der Waals surface area contributed by atoms with Crippen LogP contribution in [0.5, 0.6) is 0 Å². The van der Waals surface area contributed by atoms with Crippen molar-refractivity contribution in [2.75, 3.05) is 18.8 Å². The van der Waals surface area contributed by atoms with Gasteiger partial charge in [-0.05, 0) is 25.7 Å². The van der Waals surface area contributed by atoms with Crippen LogP contribution in [0, 0.1) is 12.8 Å². The molecule has 112 valence electrons. The molecule has 0 spiro atoms. The van der Waals surface area contributed by atoms with E-state index in [1.54, 1.807) is 4.90 Å². The van der Waals surface area contributed by atoms with E-state index in [0.717, 1.165) is 17.1 Å². The summed E-state index contributed by atoms with van der Waals surface area (Å²) < 4.78 is 22.2. The number of aryl methyl sites for hydroxylation is 2. The first-order valence-corrected chi connectivity index (χ1v) is 9.09. The molecule has 2 rings (SSSR count). The molecule has 0 saturated carbocycles. The molecule has 1 fully saturated rings. The number of hydrogen-bond acceptors (Lipinski definition) is 5. The molecule has 1 aromatic heterocycles. The fraction of sp³-hybridized carbons (Fsp3) is 0.667. The Morgan fingerprint density at radius 3 is 2.80 bits per heavy atom. The van der Waals surface area contributed by atoms with E-state index < -0.39 is 10.0 Å². The third-order valence-corrected chi connectivity index (χ3v) is 5.60. The highest BCUT2D eigenvalue weighted by Crippen LogP contribution is 2.24. The topological polar surface area (TPSA) is 93.4 Å². The van der Waals surface area contributed by atoms with E-state index in [0.29, 0.717) is 24.4 Å². The molecule has 2 N–H and O–H groups in total. The number of carbonyl (C=O) groups excluding carboxylic acids is 1. The fourth-order valence-corrected chi connectivity index (χ4v) is 4.33. The van der Waals surface area contributed by atoms with Crippen molar-refractivity contribution in [1.29, 1.82) is 0 Å². The van der Waals surface area contributed by atoms with Gasteiger partial charge in [0.2, 0.25) is 10.0 Å². The number of primary sulfonamides is 1. The molecule has 0 aliphatic carbocycles. The normalized spacial score (nSPS) is 19.6. The zero-order valence-electron chi connectivity index (χ0n) is 11.6. The lowest BCUT2D eigenvalue weighted by Crippen LogP contribution is -2.30. The average molecular weight is 317 g/mol. The summed E-state index contributed by atoms with van der Waals surface area (Å²) in [4.78, 5) is 19.1. The van der Waals surface area contributed by atoms with Crippen LogP contribution < -0.4 is 5.14 Å². The van der Waals surface area contributed by atoms with Crippen LogP contribution in [0.2, 0.25) is 0 Å². The van der Waals surface area contributed by atoms with Crippen molar-refractivity contribution in [3.63, 3.8) is 0 Å². The van der Waals surface area contributed by atoms with Gasteiger partial charge < -0.3 is 4.90 Å². The average Bonchev–Trinajstić information content (AvgIpc) is 2.93. The number of hydrogen-bond donors (Lipinski definition) is 1. The van der Waals surface area contributed by atoms with Gasteiger partial charge >= 0.3 is 0 Å². The van der Waals surface area contributed by atoms with Gasteiger partial charge in [-0.15, -0.1) is 11.3 Å². The van der Waals surface area contributed by atoms with Gasteiger partial charge in [0.05, 0.1) is 16.5 Å². The molecular formula is C12H19N3O3S2. The fourth-order valence-electron chi connectivity index (χ4n) is 2.43. The molecule has 2 heterocycles. The monoisotopic (exact) mass is 317 g/mol. The Kier molecular flexibility index (Phi) is 4.46. The smallest absolute Gasteiger partial charge is 0.265 e. The van der Waals surface area contributed by atoms with E-state index >= 15 is 0 Å². The van der Waals surface area contributed by atoms with Gasteiger partial charge in [0.25, 0.3) is 5.91 Å². The second-order valence-electron chi connectivity index (χ2n) is 5.11. The number of likely N-dealkylation sites (tertiary alicyclic amines) is 1. The third kappa shape index (κ3) is 3.56. The lowest BCUT2D eigenvalue weighted by atomic mass is 10.2. The molecule has 1 aliphatic heterocycles. The van der Waals surface area contributed by atoms with Crippen molar-refractivity contribution in [2.45, 2.75) is 26.7 Å². The standard InChI is InChI=1S/C12H19N3O3S2/c1-3-10-14-8(2)11(19-10)12(16)15-5-4-9(6-15)7-20(13,17)18/h9H,3-7H2,1-2H3,(H2,13,17,18)/t9-/m1/s1. The van der Waals surface area contributed by atoms with Gasteiger partial charge in [-0.1, -0.05) is 6.92 Å². The first-order chi connectivity index (χ1) is 9.30. The first kappa shape index (κ1) is 15.4. The molecule has 0 aromatic carbocycles. The number of sulfonamides is 1. The van der Waals surface area contributed by atoms with Crippen LogP contribution in [0.4, 0.5) is 0 Å². The van der Waals surface area contributed by atoms with E-state index in [2.05, 4.69) is 4.98 Å². The molecule has 6 nitrogen and oxygen atoms in total. The molecule has 20 heavy (non-hydrogen) atoms. The Balaban J connectivity index is 2.06. The summed E-state index contributed by atoms with van der Waals surface area (Å²) in [7, 11) is -3.48.